The van der Waals surface area contributed by atoms with E-state index in [-0.39, 0.29) is 42.1 Å². The van der Waals surface area contributed by atoms with Crippen LogP contribution in [0.15, 0.2) is 0 Å². The Morgan fingerprint density at radius 3 is 1.07 bits per heavy atom. The molecule has 10 nitrogen and oxygen atoms in total. The van der Waals surface area contributed by atoms with E-state index < -0.39 is 24.2 Å². The Labute approximate surface area is 170 Å². The van der Waals surface area contributed by atoms with Crippen LogP contribution in [0.2, 0.25) is 0 Å². The molecule has 0 N–H and O–H groups in total. The molecule has 0 fully saturated rings. The van der Waals surface area contributed by atoms with E-state index in [1.165, 1.54) is 6.92 Å². The molecule has 0 aromatic rings. The second-order valence-corrected chi connectivity index (χ2v) is 5.08. The second-order valence-electron chi connectivity index (χ2n) is 5.08. The number of esters is 1. The molecule has 0 saturated heterocycles. The molecule has 0 saturated carbocycles. The van der Waals surface area contributed by atoms with E-state index in [0.717, 1.165) is 20.8 Å². The Balaban J connectivity index is -0.000000102. The molecule has 0 aromatic heterocycles. The third kappa shape index (κ3) is 94.5. The summed E-state index contributed by atoms with van der Waals surface area (Å²) in [5.74, 6) is -3.57. The molecule has 156 valence electrons. The van der Waals surface area contributed by atoms with Crippen molar-refractivity contribution in [3.63, 3.8) is 0 Å². The summed E-state index contributed by atoms with van der Waals surface area (Å²) in [7, 11) is 0. The van der Waals surface area contributed by atoms with Crippen LogP contribution in [0.1, 0.15) is 55.4 Å². The van der Waals surface area contributed by atoms with Crippen LogP contribution in [0, 0.1) is 0 Å². The van der Waals surface area contributed by atoms with Gasteiger partial charge in [-0.1, -0.05) is 0 Å². The van der Waals surface area contributed by atoms with Crippen molar-refractivity contribution in [2.24, 2.45) is 0 Å². The minimum absolute atomic E-state index is 0. The van der Waals surface area contributed by atoms with E-state index in [1.807, 2.05) is 27.7 Å². The van der Waals surface area contributed by atoms with Gasteiger partial charge < -0.3 is 43.9 Å². The third-order valence-corrected chi connectivity index (χ3v) is 1.27. The summed E-state index contributed by atoms with van der Waals surface area (Å²) < 4.78 is 15.6. The van der Waals surface area contributed by atoms with Crippen LogP contribution in [0.3, 0.4) is 0 Å². The van der Waals surface area contributed by atoms with Crippen LogP contribution in [0.25, 0.3) is 0 Å². The van der Waals surface area contributed by atoms with Crippen LogP contribution in [0.4, 0.5) is 0 Å². The first-order valence-electron chi connectivity index (χ1n) is 7.58. The molecule has 0 aliphatic heterocycles. The Morgan fingerprint density at radius 1 is 0.704 bits per heavy atom. The molecule has 0 heterocycles. The summed E-state index contributed by atoms with van der Waals surface area (Å²) in [6.45, 7) is 12.1. The van der Waals surface area contributed by atoms with Crippen LogP contribution >= 0.6 is 0 Å². The molecule has 0 aliphatic rings. The van der Waals surface area contributed by atoms with E-state index >= 15 is 0 Å². The first-order valence-corrected chi connectivity index (χ1v) is 7.58. The molecule has 0 spiro atoms. The largest absolute Gasteiger partial charge is 3.00 e. The summed E-state index contributed by atoms with van der Waals surface area (Å²) in [6, 6.07) is 0. The van der Waals surface area contributed by atoms with E-state index in [0.29, 0.717) is 0 Å². The van der Waals surface area contributed by atoms with Gasteiger partial charge in [-0.25, -0.2) is 0 Å². The first-order chi connectivity index (χ1) is 11.6. The summed E-state index contributed by atoms with van der Waals surface area (Å²) >= 11 is 0. The summed E-state index contributed by atoms with van der Waals surface area (Å²) in [6.07, 6.45) is -0.373. The zero-order valence-corrected chi connectivity index (χ0v) is 18.3. The van der Waals surface area contributed by atoms with Crippen molar-refractivity contribution in [1.29, 1.82) is 0 Å². The van der Waals surface area contributed by atoms with E-state index in [1.54, 1.807) is 0 Å². The van der Waals surface area contributed by atoms with Gasteiger partial charge in [-0.15, -0.1) is 0 Å². The third-order valence-electron chi connectivity index (χ3n) is 1.27. The smallest absolute Gasteiger partial charge is 0.550 e. The van der Waals surface area contributed by atoms with Gasteiger partial charge in [0.1, 0.15) is 6.61 Å². The van der Waals surface area contributed by atoms with Crippen LogP contribution < -0.4 is 15.3 Å². The maximum absolute atomic E-state index is 10.6. The first kappa shape index (κ1) is 36.3. The molecule has 0 aromatic carbocycles. The van der Waals surface area contributed by atoms with Gasteiger partial charge in [-0.2, -0.15) is 0 Å². The van der Waals surface area contributed by atoms with Crippen molar-refractivity contribution in [2.45, 2.75) is 73.9 Å². The number of rotatable bonds is 6. The van der Waals surface area contributed by atoms with Gasteiger partial charge in [0, 0.05) is 24.8 Å². The number of carbonyl (C=O) groups is 4. The predicted octanol–water partition coefficient (Wildman–Crippen LogP) is -2.39. The number of carboxylic acid groups (broad SMARTS) is 3. The molecule has 27 heavy (non-hydrogen) atoms. The molecule has 0 bridgehead atoms. The SMILES string of the molecule is CC(=O)OCC(OC(C)C)OC(C)C.CC(=O)[O-].CC(=O)[O-].CC(=O)[O-].[Al+3]. The number of ether oxygens (including phenoxy) is 3. The Hall–Kier alpha value is -1.67. The van der Waals surface area contributed by atoms with Gasteiger partial charge in [0.2, 0.25) is 0 Å². The minimum Gasteiger partial charge on any atom is -0.550 e. The average Bonchev–Trinajstić information content (AvgIpc) is 2.32. The fourth-order valence-corrected chi connectivity index (χ4v) is 0.903. The van der Waals surface area contributed by atoms with E-state index in [9.17, 15) is 4.79 Å². The predicted molar refractivity (Wildman–Crippen MR) is 90.7 cm³/mol. The average molecular weight is 408 g/mol. The van der Waals surface area contributed by atoms with Crippen LogP contribution in [0.5, 0.6) is 0 Å². The zero-order chi connectivity index (χ0) is 21.9. The normalized spacial score (nSPS) is 8.70. The number of aliphatic carboxylic acids is 3. The van der Waals surface area contributed by atoms with Gasteiger partial charge in [0.05, 0.1) is 12.2 Å². The maximum Gasteiger partial charge on any atom is 3.00 e. The minimum atomic E-state index is -1.08. The topological polar surface area (TPSA) is 165 Å². The fourth-order valence-electron chi connectivity index (χ4n) is 0.903. The van der Waals surface area contributed by atoms with Crippen molar-refractivity contribution in [3.8, 4) is 0 Å². The number of hydrogen-bond acceptors (Lipinski definition) is 10. The summed E-state index contributed by atoms with van der Waals surface area (Å²) in [4.78, 5) is 37.3. The second kappa shape index (κ2) is 24.3. The molecular weight excluding hydrogens is 379 g/mol. The monoisotopic (exact) mass is 408 g/mol. The molecule has 0 aliphatic carbocycles. The van der Waals surface area contributed by atoms with Gasteiger partial charge in [0.15, 0.2) is 6.29 Å². The van der Waals surface area contributed by atoms with Gasteiger partial charge in [-0.3, -0.25) is 4.79 Å². The van der Waals surface area contributed by atoms with Gasteiger partial charge in [-0.05, 0) is 48.5 Å². The number of carbonyl (C=O) groups excluding carboxylic acids is 4. The van der Waals surface area contributed by atoms with E-state index in [4.69, 9.17) is 43.9 Å². The molecule has 0 atom stereocenters. The Bertz CT molecular complexity index is 346. The van der Waals surface area contributed by atoms with Gasteiger partial charge in [0.25, 0.3) is 0 Å². The number of carboxylic acids is 3. The molecule has 0 amide bonds. The fraction of sp³-hybridized carbons (Fsp3) is 0.750. The van der Waals surface area contributed by atoms with Crippen molar-refractivity contribution in [2.75, 3.05) is 6.61 Å². The quantitative estimate of drug-likeness (QED) is 0.263. The maximum atomic E-state index is 10.6. The molecular formula is C16H29AlO10. The van der Waals surface area contributed by atoms with Crippen molar-refractivity contribution in [1.82, 2.24) is 0 Å². The molecule has 0 radical (unpaired) electrons. The van der Waals surface area contributed by atoms with Crippen LogP contribution in [-0.2, 0) is 33.4 Å². The molecule has 0 rings (SSSR count). The van der Waals surface area contributed by atoms with Crippen LogP contribution in [-0.4, -0.2) is 66.3 Å². The van der Waals surface area contributed by atoms with Gasteiger partial charge >= 0.3 is 23.3 Å². The van der Waals surface area contributed by atoms with Crippen molar-refractivity contribution >= 4 is 41.2 Å². The van der Waals surface area contributed by atoms with Crippen molar-refractivity contribution in [3.05, 3.63) is 0 Å². The Morgan fingerprint density at radius 2 is 0.926 bits per heavy atom. The zero-order valence-electron chi connectivity index (χ0n) is 17.1. The molecule has 11 heteroatoms. The molecule has 0 unspecified atom stereocenters. The van der Waals surface area contributed by atoms with E-state index in [2.05, 4.69) is 0 Å². The van der Waals surface area contributed by atoms with Crippen molar-refractivity contribution < 1.29 is 48.7 Å². The number of hydrogen-bond donors (Lipinski definition) is 0. The standard InChI is InChI=1S/C10H20O4.3C2H4O2.Al/c1-7(2)13-10(14-8(3)4)6-12-9(5)11;3*1-2(3)4;/h7-8,10H,6H2,1-5H3;3*1H3,(H,3,4);/q;;;;+3/p-3. The Kier molecular flexibility index (Phi) is 32.7. The summed E-state index contributed by atoms with van der Waals surface area (Å²) in [5, 5.41) is 26.7. The summed E-state index contributed by atoms with van der Waals surface area (Å²) in [5.41, 5.74) is 0.